The van der Waals surface area contributed by atoms with E-state index in [2.05, 4.69) is 29.4 Å². The van der Waals surface area contributed by atoms with Crippen molar-refractivity contribution in [2.45, 2.75) is 32.3 Å². The quantitative estimate of drug-likeness (QED) is 0.836. The highest BCUT2D eigenvalue weighted by Crippen LogP contribution is 2.45. The molecule has 3 rings (SSSR count). The third kappa shape index (κ3) is 2.93. The second kappa shape index (κ2) is 6.63. The van der Waals surface area contributed by atoms with Gasteiger partial charge < -0.3 is 10.1 Å². The van der Waals surface area contributed by atoms with Crippen molar-refractivity contribution in [2.24, 2.45) is 4.99 Å². The molecular weight excluding hydrogens is 308 g/mol. The minimum Gasteiger partial charge on any atom is -0.449 e. The Labute approximate surface area is 142 Å². The SMILES string of the molecule is CCCC1(c2ccccc2)OC(=NCC)Nc2ccc(Cl)cc21. The average Bonchev–Trinajstić information content (AvgIpc) is 2.57. The molecular formula is C19H21ClN2O. The van der Waals surface area contributed by atoms with Crippen LogP contribution < -0.4 is 5.32 Å². The van der Waals surface area contributed by atoms with Crippen LogP contribution in [0.25, 0.3) is 0 Å². The first-order chi connectivity index (χ1) is 11.2. The molecule has 0 spiro atoms. The van der Waals surface area contributed by atoms with Crippen LogP contribution in [0, 0.1) is 0 Å². The van der Waals surface area contributed by atoms with Gasteiger partial charge in [-0.15, -0.1) is 0 Å². The summed E-state index contributed by atoms with van der Waals surface area (Å²) in [4.78, 5) is 4.46. The Morgan fingerprint density at radius 2 is 1.91 bits per heavy atom. The summed E-state index contributed by atoms with van der Waals surface area (Å²) in [6, 6.07) is 16.8. The number of fused-ring (bicyclic) bond motifs is 1. The number of aliphatic imine (C=N–C) groups is 1. The van der Waals surface area contributed by atoms with Crippen LogP contribution in [-0.2, 0) is 10.3 Å². The molecule has 0 bridgehead atoms. The fraction of sp³-hybridized carbons (Fsp3) is 0.316. The van der Waals surface area contributed by atoms with Crippen molar-refractivity contribution in [3.63, 3.8) is 0 Å². The first kappa shape index (κ1) is 15.9. The molecule has 0 aromatic heterocycles. The van der Waals surface area contributed by atoms with E-state index in [1.54, 1.807) is 0 Å². The van der Waals surface area contributed by atoms with Gasteiger partial charge in [0.1, 0.15) is 0 Å². The molecule has 0 amide bonds. The van der Waals surface area contributed by atoms with Crippen molar-refractivity contribution in [2.75, 3.05) is 11.9 Å². The molecule has 23 heavy (non-hydrogen) atoms. The second-order valence-corrected chi connectivity index (χ2v) is 6.08. The first-order valence-corrected chi connectivity index (χ1v) is 8.43. The van der Waals surface area contributed by atoms with E-state index >= 15 is 0 Å². The van der Waals surface area contributed by atoms with E-state index in [1.165, 1.54) is 0 Å². The minimum atomic E-state index is -0.560. The third-order valence-electron chi connectivity index (χ3n) is 4.07. The Morgan fingerprint density at radius 3 is 2.61 bits per heavy atom. The van der Waals surface area contributed by atoms with Crippen LogP contribution >= 0.6 is 11.6 Å². The molecule has 2 aromatic carbocycles. The largest absolute Gasteiger partial charge is 0.449 e. The number of halogens is 1. The van der Waals surface area contributed by atoms with Gasteiger partial charge in [-0.25, -0.2) is 4.99 Å². The normalized spacial score (nSPS) is 21.4. The summed E-state index contributed by atoms with van der Waals surface area (Å²) < 4.78 is 6.40. The van der Waals surface area contributed by atoms with Crippen LogP contribution in [0.4, 0.5) is 5.69 Å². The van der Waals surface area contributed by atoms with Gasteiger partial charge in [0.25, 0.3) is 6.02 Å². The number of benzene rings is 2. The van der Waals surface area contributed by atoms with Gasteiger partial charge >= 0.3 is 0 Å². The highest BCUT2D eigenvalue weighted by Gasteiger charge is 2.42. The smallest absolute Gasteiger partial charge is 0.290 e. The second-order valence-electron chi connectivity index (χ2n) is 5.64. The van der Waals surface area contributed by atoms with Crippen molar-refractivity contribution in [3.05, 3.63) is 64.7 Å². The van der Waals surface area contributed by atoms with Gasteiger partial charge in [0, 0.05) is 28.4 Å². The van der Waals surface area contributed by atoms with Gasteiger partial charge in [0.05, 0.1) is 0 Å². The van der Waals surface area contributed by atoms with E-state index < -0.39 is 5.60 Å². The summed E-state index contributed by atoms with van der Waals surface area (Å²) in [5, 5.41) is 3.99. The predicted molar refractivity (Wildman–Crippen MR) is 96.3 cm³/mol. The van der Waals surface area contributed by atoms with Crippen LogP contribution in [0.3, 0.4) is 0 Å². The summed E-state index contributed by atoms with van der Waals surface area (Å²) in [7, 11) is 0. The van der Waals surface area contributed by atoms with Crippen LogP contribution in [0.2, 0.25) is 5.02 Å². The van der Waals surface area contributed by atoms with Crippen LogP contribution in [0.5, 0.6) is 0 Å². The van der Waals surface area contributed by atoms with Gasteiger partial charge in [0.2, 0.25) is 0 Å². The number of hydrogen-bond donors (Lipinski definition) is 1. The third-order valence-corrected chi connectivity index (χ3v) is 4.31. The summed E-state index contributed by atoms with van der Waals surface area (Å²) in [5.41, 5.74) is 2.63. The lowest BCUT2D eigenvalue weighted by molar-refractivity contribution is 0.0806. The molecule has 1 heterocycles. The minimum absolute atomic E-state index is 0.560. The molecule has 0 saturated carbocycles. The first-order valence-electron chi connectivity index (χ1n) is 8.05. The van der Waals surface area contributed by atoms with E-state index in [4.69, 9.17) is 16.3 Å². The van der Waals surface area contributed by atoms with Crippen molar-refractivity contribution >= 4 is 23.3 Å². The predicted octanol–water partition coefficient (Wildman–Crippen LogP) is 5.20. The molecule has 1 aliphatic heterocycles. The maximum absolute atomic E-state index is 6.40. The number of hydrogen-bond acceptors (Lipinski definition) is 2. The summed E-state index contributed by atoms with van der Waals surface area (Å²) >= 11 is 6.28. The van der Waals surface area contributed by atoms with E-state index in [0.29, 0.717) is 17.6 Å². The van der Waals surface area contributed by atoms with E-state index in [0.717, 1.165) is 29.7 Å². The Balaban J connectivity index is 2.24. The van der Waals surface area contributed by atoms with E-state index in [1.807, 2.05) is 43.3 Å². The van der Waals surface area contributed by atoms with E-state index in [9.17, 15) is 0 Å². The van der Waals surface area contributed by atoms with Gasteiger partial charge in [0.15, 0.2) is 5.60 Å². The highest BCUT2D eigenvalue weighted by molar-refractivity contribution is 6.30. The summed E-state index contributed by atoms with van der Waals surface area (Å²) in [5.74, 6) is 0. The molecule has 120 valence electrons. The molecule has 4 heteroatoms. The molecule has 0 fully saturated rings. The van der Waals surface area contributed by atoms with Gasteiger partial charge in [-0.1, -0.05) is 55.3 Å². The molecule has 0 aliphatic carbocycles. The van der Waals surface area contributed by atoms with Gasteiger partial charge in [-0.3, -0.25) is 0 Å². The van der Waals surface area contributed by atoms with Gasteiger partial charge in [-0.05, 0) is 31.5 Å². The zero-order valence-electron chi connectivity index (χ0n) is 13.5. The molecule has 2 aromatic rings. The zero-order chi connectivity index (χ0) is 16.3. The number of rotatable bonds is 4. The molecule has 1 atom stereocenters. The van der Waals surface area contributed by atoms with Crippen LogP contribution in [-0.4, -0.2) is 12.6 Å². The fourth-order valence-electron chi connectivity index (χ4n) is 3.14. The van der Waals surface area contributed by atoms with Crippen molar-refractivity contribution in [3.8, 4) is 0 Å². The van der Waals surface area contributed by atoms with Crippen molar-refractivity contribution in [1.82, 2.24) is 0 Å². The molecule has 1 unspecified atom stereocenters. The van der Waals surface area contributed by atoms with E-state index in [-0.39, 0.29) is 0 Å². The van der Waals surface area contributed by atoms with Crippen LogP contribution in [0.1, 0.15) is 37.8 Å². The molecule has 1 N–H and O–H groups in total. The summed E-state index contributed by atoms with van der Waals surface area (Å²) in [6.07, 6.45) is 1.84. The molecule has 0 saturated heterocycles. The lowest BCUT2D eigenvalue weighted by atomic mass is 9.81. The molecule has 0 radical (unpaired) electrons. The van der Waals surface area contributed by atoms with Crippen LogP contribution in [0.15, 0.2) is 53.5 Å². The zero-order valence-corrected chi connectivity index (χ0v) is 14.2. The highest BCUT2D eigenvalue weighted by atomic mass is 35.5. The standard InChI is InChI=1S/C19H21ClN2O/c1-3-12-19(14-8-6-5-7-9-14)16-13-15(20)10-11-17(16)22-18(23-19)21-4-2/h5-11,13H,3-4,12H2,1-2H3,(H,21,22). The van der Waals surface area contributed by atoms with Crippen molar-refractivity contribution in [1.29, 1.82) is 0 Å². The monoisotopic (exact) mass is 328 g/mol. The number of anilines is 1. The molecule has 1 aliphatic rings. The number of ether oxygens (including phenoxy) is 1. The molecule has 3 nitrogen and oxygen atoms in total. The van der Waals surface area contributed by atoms with Gasteiger partial charge in [-0.2, -0.15) is 0 Å². The maximum atomic E-state index is 6.40. The number of amidine groups is 1. The lowest BCUT2D eigenvalue weighted by Gasteiger charge is -2.40. The summed E-state index contributed by atoms with van der Waals surface area (Å²) in [6.45, 7) is 4.83. The number of nitrogens with one attached hydrogen (secondary N) is 1. The Bertz CT molecular complexity index is 715. The Morgan fingerprint density at radius 1 is 1.13 bits per heavy atom. The number of nitrogens with zero attached hydrogens (tertiary/aromatic N) is 1. The van der Waals surface area contributed by atoms with Crippen molar-refractivity contribution < 1.29 is 4.74 Å². The Hall–Kier alpha value is -2.00. The maximum Gasteiger partial charge on any atom is 0.290 e. The Kier molecular flexibility index (Phi) is 4.58. The lowest BCUT2D eigenvalue weighted by Crippen LogP contribution is -2.41. The topological polar surface area (TPSA) is 33.6 Å². The fourth-order valence-corrected chi connectivity index (χ4v) is 3.31. The average molecular weight is 329 g/mol.